The second-order valence-electron chi connectivity index (χ2n) is 28.3. The minimum atomic E-state index is -0.421. The molecule has 2 aliphatic carbocycles. The van der Waals surface area contributed by atoms with Gasteiger partial charge in [-0.1, -0.05) is 335 Å². The number of hydrogen-bond acceptors (Lipinski definition) is 3. The summed E-state index contributed by atoms with van der Waals surface area (Å²) in [5, 5.41) is 2.35. The van der Waals surface area contributed by atoms with Crippen LogP contribution in [0.25, 0.3) is 78.6 Å². The van der Waals surface area contributed by atoms with Gasteiger partial charge in [-0.05, 0) is 215 Å². The van der Waals surface area contributed by atoms with E-state index in [2.05, 4.69) is 358 Å². The number of anilines is 3. The van der Waals surface area contributed by atoms with E-state index in [4.69, 9.17) is 9.47 Å². The van der Waals surface area contributed by atoms with Gasteiger partial charge in [0.2, 0.25) is 0 Å². The van der Waals surface area contributed by atoms with Crippen LogP contribution in [0.15, 0.2) is 377 Å². The van der Waals surface area contributed by atoms with Crippen molar-refractivity contribution in [3.05, 3.63) is 438 Å². The molecular formula is C103H83NO2. The smallest absolute Gasteiger partial charge is 0.119 e. The lowest BCUT2D eigenvalue weighted by Gasteiger charge is -2.34. The van der Waals surface area contributed by atoms with E-state index < -0.39 is 5.41 Å². The number of unbranched alkanes of at least 4 members (excludes halogenated alkanes) is 2. The predicted molar refractivity (Wildman–Crippen MR) is 444 cm³/mol. The predicted octanol–water partition coefficient (Wildman–Crippen LogP) is 26.9. The van der Waals surface area contributed by atoms with Crippen LogP contribution in [0.3, 0.4) is 0 Å². The molecule has 0 radical (unpaired) electrons. The zero-order chi connectivity index (χ0) is 71.2. The van der Waals surface area contributed by atoms with Gasteiger partial charge < -0.3 is 14.4 Å². The molecule has 17 rings (SSSR count). The van der Waals surface area contributed by atoms with Gasteiger partial charge in [0.15, 0.2) is 0 Å². The van der Waals surface area contributed by atoms with Crippen LogP contribution in [0.2, 0.25) is 0 Å². The SMILES string of the molecule is C=Cc1ccc(OCCCCC2(c3ccccc3)c3ccccc3-c3ccc(C(c4ccc(-c5ccccc5)cc4)c4ccc(-c5ccc(N(c6ccc(-c7ccccc7)cc6)c6ccc7c(c6)C(CCCCOc6ccc(C=C)cc6)(c6ccccc6)c6ccccc6-7)c6ccccc56)cc4)cc32)cc1. The maximum Gasteiger partial charge on any atom is 0.119 e. The fourth-order valence-corrected chi connectivity index (χ4v) is 17.2. The molecule has 0 N–H and O–H groups in total. The summed E-state index contributed by atoms with van der Waals surface area (Å²) in [5.41, 5.74) is 28.7. The topological polar surface area (TPSA) is 21.7 Å². The van der Waals surface area contributed by atoms with E-state index in [-0.39, 0.29) is 11.3 Å². The van der Waals surface area contributed by atoms with Crippen molar-refractivity contribution < 1.29 is 9.47 Å². The number of rotatable bonds is 25. The van der Waals surface area contributed by atoms with Gasteiger partial charge in [-0.3, -0.25) is 0 Å². The van der Waals surface area contributed by atoms with Crippen molar-refractivity contribution in [2.75, 3.05) is 18.1 Å². The Morgan fingerprint density at radius 1 is 0.292 bits per heavy atom. The Balaban J connectivity index is 0.752. The van der Waals surface area contributed by atoms with Gasteiger partial charge in [-0.25, -0.2) is 0 Å². The average Bonchev–Trinajstić information content (AvgIpc) is 1.55. The highest BCUT2D eigenvalue weighted by atomic mass is 16.5. The minimum Gasteiger partial charge on any atom is -0.494 e. The molecule has 0 saturated carbocycles. The maximum atomic E-state index is 6.39. The summed E-state index contributed by atoms with van der Waals surface area (Å²) in [4.78, 5) is 2.50. The third-order valence-electron chi connectivity index (χ3n) is 22.4. The maximum absolute atomic E-state index is 6.39. The number of benzene rings is 15. The molecule has 15 aromatic carbocycles. The van der Waals surface area contributed by atoms with Crippen LogP contribution >= 0.6 is 0 Å². The number of fused-ring (bicyclic) bond motifs is 7. The van der Waals surface area contributed by atoms with Gasteiger partial charge >= 0.3 is 0 Å². The summed E-state index contributed by atoms with van der Waals surface area (Å²) >= 11 is 0. The molecule has 3 unspecified atom stereocenters. The second kappa shape index (κ2) is 29.7. The van der Waals surface area contributed by atoms with Crippen LogP contribution in [-0.2, 0) is 10.8 Å². The molecule has 3 atom stereocenters. The van der Waals surface area contributed by atoms with Crippen molar-refractivity contribution in [3.63, 3.8) is 0 Å². The molecule has 0 aromatic heterocycles. The van der Waals surface area contributed by atoms with Crippen molar-refractivity contribution in [3.8, 4) is 67.1 Å². The Bertz CT molecular complexity index is 5600. The molecule has 0 spiro atoms. The van der Waals surface area contributed by atoms with Crippen LogP contribution in [0.4, 0.5) is 17.1 Å². The molecule has 15 aromatic rings. The van der Waals surface area contributed by atoms with E-state index in [1.165, 1.54) is 106 Å². The largest absolute Gasteiger partial charge is 0.494 e. The standard InChI is InChI=1S/C103H83NO2/c1-3-73-41-59-87(60-42-73)105-69-25-23-67-102(83-31-13-7-14-32-83)96-39-21-19-36-91(96)93-63-55-82(71-98(93)102)101(80-49-45-77(46-50-80)75-27-9-5-10-28-75)81-51-47-79(48-52-81)89-65-66-100(95-38-18-17-35-90(89)95)104(85-56-53-78(54-57-85)76-29-11-6-12-30-76)86-58-64-94-92-37-20-22-40-97(92)103(99(94)72-86,84-33-15-8-16-34-84)68-24-26-70-106-88-61-43-74(4-2)44-62-88/h3-22,27-66,71-72,101H,1-2,23-26,67-70H2. The van der Waals surface area contributed by atoms with Crippen molar-refractivity contribution in [2.24, 2.45) is 0 Å². The summed E-state index contributed by atoms with van der Waals surface area (Å²) in [6.45, 7) is 9.16. The van der Waals surface area contributed by atoms with Crippen LogP contribution < -0.4 is 14.4 Å². The Labute approximate surface area is 624 Å². The highest BCUT2D eigenvalue weighted by molar-refractivity contribution is 6.06. The molecule has 512 valence electrons. The summed E-state index contributed by atoms with van der Waals surface area (Å²) in [6, 6.07) is 135. The molecular weight excluding hydrogens is 1280 g/mol. The van der Waals surface area contributed by atoms with Crippen molar-refractivity contribution in [2.45, 2.75) is 55.3 Å². The van der Waals surface area contributed by atoms with E-state index in [0.29, 0.717) is 13.2 Å². The quantitative estimate of drug-likeness (QED) is 0.0420. The van der Waals surface area contributed by atoms with Gasteiger partial charge in [-0.2, -0.15) is 0 Å². The second-order valence-corrected chi connectivity index (χ2v) is 28.3. The Kier molecular flexibility index (Phi) is 18.7. The Hall–Kier alpha value is -12.6. The average molecular weight is 1370 g/mol. The first-order valence-electron chi connectivity index (χ1n) is 37.5. The third kappa shape index (κ3) is 12.6. The van der Waals surface area contributed by atoms with Crippen LogP contribution in [-0.4, -0.2) is 13.2 Å². The lowest BCUT2D eigenvalue weighted by Crippen LogP contribution is -2.27. The first kappa shape index (κ1) is 66.7. The van der Waals surface area contributed by atoms with Crippen molar-refractivity contribution in [1.82, 2.24) is 0 Å². The van der Waals surface area contributed by atoms with E-state index in [1.807, 2.05) is 36.4 Å². The van der Waals surface area contributed by atoms with Gasteiger partial charge in [-0.15, -0.1) is 0 Å². The lowest BCUT2D eigenvalue weighted by atomic mass is 9.68. The zero-order valence-electron chi connectivity index (χ0n) is 59.7. The highest BCUT2D eigenvalue weighted by Gasteiger charge is 2.46. The number of nitrogens with zero attached hydrogens (tertiary/aromatic N) is 1. The van der Waals surface area contributed by atoms with E-state index in [0.717, 1.165) is 89.2 Å². The molecule has 3 nitrogen and oxygen atoms in total. The minimum absolute atomic E-state index is 0.0795. The van der Waals surface area contributed by atoms with Gasteiger partial charge in [0, 0.05) is 33.5 Å². The lowest BCUT2D eigenvalue weighted by molar-refractivity contribution is 0.301. The van der Waals surface area contributed by atoms with Crippen molar-refractivity contribution in [1.29, 1.82) is 0 Å². The van der Waals surface area contributed by atoms with Crippen molar-refractivity contribution >= 4 is 40.0 Å². The molecule has 3 heteroatoms. The van der Waals surface area contributed by atoms with Gasteiger partial charge in [0.25, 0.3) is 0 Å². The monoisotopic (exact) mass is 1370 g/mol. The molecule has 0 fully saturated rings. The molecule has 0 heterocycles. The fraction of sp³-hybridized carbons (Fsp3) is 0.107. The molecule has 0 bridgehead atoms. The summed E-state index contributed by atoms with van der Waals surface area (Å²) in [6.07, 6.45) is 9.35. The van der Waals surface area contributed by atoms with E-state index in [9.17, 15) is 0 Å². The number of ether oxygens (including phenoxy) is 2. The first-order chi connectivity index (χ1) is 52.4. The highest BCUT2D eigenvalue weighted by Crippen LogP contribution is 2.59. The Morgan fingerprint density at radius 3 is 1.19 bits per heavy atom. The molecule has 0 aliphatic heterocycles. The summed E-state index contributed by atoms with van der Waals surface area (Å²) in [5.74, 6) is 1.69. The van der Waals surface area contributed by atoms with Crippen LogP contribution in [0.1, 0.15) is 106 Å². The molecule has 0 saturated heterocycles. The van der Waals surface area contributed by atoms with E-state index in [1.54, 1.807) is 0 Å². The molecule has 2 aliphatic rings. The van der Waals surface area contributed by atoms with Crippen LogP contribution in [0.5, 0.6) is 11.5 Å². The summed E-state index contributed by atoms with van der Waals surface area (Å²) in [7, 11) is 0. The zero-order valence-corrected chi connectivity index (χ0v) is 59.7. The molecule has 106 heavy (non-hydrogen) atoms. The van der Waals surface area contributed by atoms with Gasteiger partial charge in [0.1, 0.15) is 11.5 Å². The normalized spacial score (nSPS) is 14.8. The van der Waals surface area contributed by atoms with E-state index >= 15 is 0 Å². The molecule has 0 amide bonds. The van der Waals surface area contributed by atoms with Gasteiger partial charge in [0.05, 0.1) is 18.9 Å². The number of hydrogen-bond donors (Lipinski definition) is 0. The summed E-state index contributed by atoms with van der Waals surface area (Å²) < 4.78 is 12.8. The first-order valence-corrected chi connectivity index (χ1v) is 37.5. The Morgan fingerprint density at radius 2 is 0.679 bits per heavy atom. The van der Waals surface area contributed by atoms with Crippen LogP contribution in [0, 0.1) is 0 Å². The fourth-order valence-electron chi connectivity index (χ4n) is 17.2. The third-order valence-corrected chi connectivity index (χ3v) is 22.4.